The Balaban J connectivity index is 1.69. The van der Waals surface area contributed by atoms with Crippen LogP contribution in [0.3, 0.4) is 0 Å². The molecule has 0 N–H and O–H groups in total. The van der Waals surface area contributed by atoms with Gasteiger partial charge in [0.05, 0.1) is 14.7 Å². The van der Waals surface area contributed by atoms with Crippen LogP contribution in [0.4, 0.5) is 0 Å². The minimum Gasteiger partial charge on any atom is -0.422 e. The van der Waals surface area contributed by atoms with Crippen LogP contribution in [0, 0.1) is 0 Å². The van der Waals surface area contributed by atoms with Gasteiger partial charge in [-0.05, 0) is 48.1 Å². The van der Waals surface area contributed by atoms with Gasteiger partial charge in [0.25, 0.3) is 0 Å². The highest BCUT2D eigenvalue weighted by molar-refractivity contribution is 8.84. The van der Waals surface area contributed by atoms with Crippen LogP contribution in [0.5, 0.6) is 0 Å². The molecule has 0 bridgehead atoms. The van der Waals surface area contributed by atoms with E-state index in [1.165, 1.54) is 36.1 Å². The zero-order valence-corrected chi connectivity index (χ0v) is 11.7. The average Bonchev–Trinajstić information content (AvgIpc) is 2.97. The summed E-state index contributed by atoms with van der Waals surface area (Å²) in [6, 6.07) is 10.4. The van der Waals surface area contributed by atoms with Crippen molar-refractivity contribution in [2.24, 2.45) is 0 Å². The Morgan fingerprint density at radius 3 is 2.78 bits per heavy atom. The lowest BCUT2D eigenvalue weighted by atomic mass is 9.96. The van der Waals surface area contributed by atoms with E-state index in [2.05, 4.69) is 30.3 Å². The van der Waals surface area contributed by atoms with Gasteiger partial charge in [0.2, 0.25) is 0 Å². The standard InChI is InChI=1S/C15H14OS2/c1-2-6-11(7-3-1)13-10-15-12-8-4-5-9-14(12)17-18(15)16-13/h1-3,6-7,10H,4-5,8-9H2. The fourth-order valence-corrected chi connectivity index (χ4v) is 6.70. The maximum atomic E-state index is 6.14. The zero-order valence-electron chi connectivity index (χ0n) is 10.0. The highest BCUT2D eigenvalue weighted by Gasteiger charge is 2.31. The van der Waals surface area contributed by atoms with E-state index < -0.39 is 0 Å². The molecule has 1 aliphatic carbocycles. The lowest BCUT2D eigenvalue weighted by Gasteiger charge is -2.14. The summed E-state index contributed by atoms with van der Waals surface area (Å²) in [6.07, 6.45) is 7.49. The predicted octanol–water partition coefficient (Wildman–Crippen LogP) is 4.90. The normalized spacial score (nSPS) is 25.7. The minimum absolute atomic E-state index is 0.0517. The summed E-state index contributed by atoms with van der Waals surface area (Å²) >= 11 is 0. The van der Waals surface area contributed by atoms with Crippen molar-refractivity contribution in [1.29, 1.82) is 0 Å². The molecule has 1 atom stereocenters. The first kappa shape index (κ1) is 10.9. The molecule has 18 heavy (non-hydrogen) atoms. The van der Waals surface area contributed by atoms with E-state index in [1.807, 2.05) is 16.9 Å². The summed E-state index contributed by atoms with van der Waals surface area (Å²) in [4.78, 5) is 3.07. The maximum Gasteiger partial charge on any atom is 0.146 e. The third kappa shape index (κ3) is 1.69. The van der Waals surface area contributed by atoms with Crippen LogP contribution < -0.4 is 0 Å². The molecule has 3 heteroatoms. The molecule has 0 saturated heterocycles. The number of fused-ring (bicyclic) bond motifs is 1. The third-order valence-corrected chi connectivity index (χ3v) is 7.21. The van der Waals surface area contributed by atoms with Gasteiger partial charge in [0.1, 0.15) is 5.76 Å². The zero-order chi connectivity index (χ0) is 11.9. The van der Waals surface area contributed by atoms with E-state index in [4.69, 9.17) is 4.18 Å². The SMILES string of the molecule is C1=C(c2ccccc2)OS2=C1C1=C(CCCC1)S2. The molecule has 92 valence electrons. The monoisotopic (exact) mass is 274 g/mol. The second-order valence-electron chi connectivity index (χ2n) is 4.75. The molecule has 1 nitrogen and oxygen atoms in total. The minimum atomic E-state index is -0.0517. The van der Waals surface area contributed by atoms with Gasteiger partial charge in [-0.15, -0.1) is 0 Å². The van der Waals surface area contributed by atoms with Gasteiger partial charge < -0.3 is 4.18 Å². The second-order valence-corrected chi connectivity index (χ2v) is 7.89. The van der Waals surface area contributed by atoms with Crippen molar-refractivity contribution in [2.45, 2.75) is 25.7 Å². The lowest BCUT2D eigenvalue weighted by molar-refractivity contribution is 0.615. The Kier molecular flexibility index (Phi) is 2.63. The Hall–Kier alpha value is -0.930. The highest BCUT2D eigenvalue weighted by atomic mass is 33.1. The number of allylic oxidation sites excluding steroid dienone is 3. The van der Waals surface area contributed by atoms with Crippen LogP contribution in [0.1, 0.15) is 31.2 Å². The Bertz CT molecular complexity index is 596. The van der Waals surface area contributed by atoms with Crippen molar-refractivity contribution in [3.8, 4) is 0 Å². The van der Waals surface area contributed by atoms with Crippen LogP contribution in [0.2, 0.25) is 0 Å². The third-order valence-electron chi connectivity index (χ3n) is 3.56. The Morgan fingerprint density at radius 1 is 1.06 bits per heavy atom. The average molecular weight is 274 g/mol. The largest absolute Gasteiger partial charge is 0.422 e. The fourth-order valence-electron chi connectivity index (χ4n) is 2.62. The van der Waals surface area contributed by atoms with Crippen molar-refractivity contribution in [3.05, 3.63) is 52.4 Å². The Labute approximate surface area is 113 Å². The lowest BCUT2D eigenvalue weighted by Crippen LogP contribution is -2.01. The summed E-state index contributed by atoms with van der Waals surface area (Å²) in [5.41, 5.74) is 2.80. The van der Waals surface area contributed by atoms with E-state index in [0.29, 0.717) is 0 Å². The molecule has 0 spiro atoms. The van der Waals surface area contributed by atoms with Gasteiger partial charge in [0, 0.05) is 10.5 Å². The first-order chi connectivity index (χ1) is 8.92. The molecule has 0 aromatic heterocycles. The van der Waals surface area contributed by atoms with Crippen LogP contribution >= 0.6 is 20.6 Å². The molecule has 0 radical (unpaired) electrons. The quantitative estimate of drug-likeness (QED) is 0.532. The maximum absolute atomic E-state index is 6.14. The first-order valence-electron chi connectivity index (χ1n) is 6.39. The van der Waals surface area contributed by atoms with Crippen LogP contribution in [-0.4, -0.2) is 4.86 Å². The molecular weight excluding hydrogens is 260 g/mol. The summed E-state index contributed by atoms with van der Waals surface area (Å²) in [6.45, 7) is 0. The van der Waals surface area contributed by atoms with E-state index in [9.17, 15) is 0 Å². The molecule has 2 heterocycles. The smallest absolute Gasteiger partial charge is 0.146 e. The van der Waals surface area contributed by atoms with Gasteiger partial charge in [-0.3, -0.25) is 0 Å². The van der Waals surface area contributed by atoms with Gasteiger partial charge in [-0.1, -0.05) is 30.3 Å². The van der Waals surface area contributed by atoms with Crippen molar-refractivity contribution in [3.63, 3.8) is 0 Å². The van der Waals surface area contributed by atoms with Gasteiger partial charge in [-0.2, -0.15) is 0 Å². The molecule has 0 saturated carbocycles. The number of hydrogen-bond donors (Lipinski definition) is 0. The van der Waals surface area contributed by atoms with Crippen LogP contribution in [-0.2, 0) is 4.18 Å². The molecular formula is C15H14OS2. The molecule has 1 aromatic rings. The number of rotatable bonds is 1. The number of benzene rings is 1. The van der Waals surface area contributed by atoms with Gasteiger partial charge >= 0.3 is 0 Å². The molecule has 2 aliphatic heterocycles. The summed E-state index contributed by atoms with van der Waals surface area (Å²) in [5, 5.41) is 0. The predicted molar refractivity (Wildman–Crippen MR) is 81.2 cm³/mol. The molecule has 3 aliphatic rings. The summed E-state index contributed by atoms with van der Waals surface area (Å²) in [7, 11) is 1.91. The number of hydrogen-bond acceptors (Lipinski definition) is 2. The molecule has 4 rings (SSSR count). The molecule has 1 aromatic carbocycles. The van der Waals surface area contributed by atoms with E-state index in [0.717, 1.165) is 5.76 Å². The molecule has 1 unspecified atom stereocenters. The van der Waals surface area contributed by atoms with E-state index in [1.54, 1.807) is 10.5 Å². The van der Waals surface area contributed by atoms with Gasteiger partial charge in [-0.25, -0.2) is 0 Å². The Morgan fingerprint density at radius 2 is 1.89 bits per heavy atom. The summed E-state index contributed by atoms with van der Waals surface area (Å²) in [5.74, 6) is 1.05. The van der Waals surface area contributed by atoms with Crippen molar-refractivity contribution in [2.75, 3.05) is 0 Å². The second kappa shape index (κ2) is 4.32. The summed E-state index contributed by atoms with van der Waals surface area (Å²) < 4.78 is 6.14. The van der Waals surface area contributed by atoms with Crippen molar-refractivity contribution < 1.29 is 4.18 Å². The van der Waals surface area contributed by atoms with Crippen molar-refractivity contribution >= 4 is 31.2 Å². The molecule has 0 fully saturated rings. The highest BCUT2D eigenvalue weighted by Crippen LogP contribution is 2.57. The van der Waals surface area contributed by atoms with Crippen LogP contribution in [0.25, 0.3) is 5.76 Å². The van der Waals surface area contributed by atoms with Crippen LogP contribution in [0.15, 0.2) is 46.9 Å². The fraction of sp³-hybridized carbons (Fsp3) is 0.267. The van der Waals surface area contributed by atoms with Gasteiger partial charge in [0.15, 0.2) is 0 Å². The molecule has 0 amide bonds. The first-order valence-corrected chi connectivity index (χ1v) is 8.87. The van der Waals surface area contributed by atoms with Crippen molar-refractivity contribution in [1.82, 2.24) is 0 Å². The van der Waals surface area contributed by atoms with E-state index >= 15 is 0 Å². The topological polar surface area (TPSA) is 9.23 Å². The van der Waals surface area contributed by atoms with E-state index in [-0.39, 0.29) is 9.80 Å².